The molecule has 1 saturated heterocycles. The van der Waals surface area contributed by atoms with E-state index in [2.05, 4.69) is 16.0 Å². The third-order valence-electron chi connectivity index (χ3n) is 4.39. The minimum absolute atomic E-state index is 0.152. The van der Waals surface area contributed by atoms with Gasteiger partial charge in [-0.05, 0) is 31.1 Å². The highest BCUT2D eigenvalue weighted by molar-refractivity contribution is 5.91. The molecule has 4 atom stereocenters. The van der Waals surface area contributed by atoms with Crippen LogP contribution in [-0.4, -0.2) is 54.7 Å². The van der Waals surface area contributed by atoms with Crippen LogP contribution in [-0.2, 0) is 28.7 Å². The lowest BCUT2D eigenvalue weighted by molar-refractivity contribution is -0.170. The molecule has 1 aliphatic rings. The number of hydrogen-bond donors (Lipinski definition) is 3. The summed E-state index contributed by atoms with van der Waals surface area (Å²) < 4.78 is 10.4. The zero-order valence-corrected chi connectivity index (χ0v) is 18.2. The van der Waals surface area contributed by atoms with Gasteiger partial charge in [-0.3, -0.25) is 19.2 Å². The van der Waals surface area contributed by atoms with E-state index < -0.39 is 36.3 Å². The van der Waals surface area contributed by atoms with Crippen LogP contribution in [0.2, 0.25) is 0 Å². The van der Waals surface area contributed by atoms with Crippen molar-refractivity contribution in [2.75, 3.05) is 6.61 Å². The summed E-state index contributed by atoms with van der Waals surface area (Å²) in [4.78, 5) is 48.3. The Bertz CT molecular complexity index is 593. The van der Waals surface area contributed by atoms with Crippen molar-refractivity contribution >= 4 is 23.7 Å². The first-order valence-corrected chi connectivity index (χ1v) is 10.2. The van der Waals surface area contributed by atoms with Crippen molar-refractivity contribution in [1.29, 1.82) is 0 Å². The number of hydrogen-bond acceptors (Lipinski definition) is 6. The minimum atomic E-state index is -0.833. The Labute approximate surface area is 172 Å². The highest BCUT2D eigenvalue weighted by Gasteiger charge is 2.35. The molecule has 1 rings (SSSR count). The van der Waals surface area contributed by atoms with Crippen LogP contribution in [0, 0.1) is 11.8 Å². The molecule has 3 amide bonds. The second-order valence-electron chi connectivity index (χ2n) is 8.33. The van der Waals surface area contributed by atoms with Gasteiger partial charge in [-0.15, -0.1) is 0 Å². The van der Waals surface area contributed by atoms with Crippen molar-refractivity contribution in [2.24, 2.45) is 11.8 Å². The fourth-order valence-corrected chi connectivity index (χ4v) is 3.19. The number of nitrogens with one attached hydrogen (secondary N) is 3. The Kier molecular flexibility index (Phi) is 10.1. The molecule has 0 saturated carbocycles. The lowest BCUT2D eigenvalue weighted by Gasteiger charge is -2.26. The Morgan fingerprint density at radius 3 is 1.97 bits per heavy atom. The summed E-state index contributed by atoms with van der Waals surface area (Å²) in [5.41, 5.74) is 0. The number of amides is 3. The third-order valence-corrected chi connectivity index (χ3v) is 4.39. The summed E-state index contributed by atoms with van der Waals surface area (Å²) in [5, 5.41) is 8.25. The maximum absolute atomic E-state index is 12.9. The molecule has 0 aromatic heterocycles. The quantitative estimate of drug-likeness (QED) is 0.457. The molecule has 166 valence electrons. The van der Waals surface area contributed by atoms with E-state index in [1.165, 1.54) is 13.8 Å². The SMILES string of the molecule is CC(=O)NC(CC(C)C)C(=O)NC(CC(C)C)C(=O)NC1CCOC1OC(C)=O. The molecule has 4 unspecified atom stereocenters. The van der Waals surface area contributed by atoms with E-state index in [0.717, 1.165) is 0 Å². The van der Waals surface area contributed by atoms with E-state index >= 15 is 0 Å². The summed E-state index contributed by atoms with van der Waals surface area (Å²) >= 11 is 0. The Hall–Kier alpha value is -2.16. The molecule has 0 aliphatic carbocycles. The third kappa shape index (κ3) is 9.25. The van der Waals surface area contributed by atoms with E-state index in [4.69, 9.17) is 9.47 Å². The van der Waals surface area contributed by atoms with Gasteiger partial charge in [-0.2, -0.15) is 0 Å². The lowest BCUT2D eigenvalue weighted by Crippen LogP contribution is -2.56. The van der Waals surface area contributed by atoms with Crippen molar-refractivity contribution < 1.29 is 28.7 Å². The van der Waals surface area contributed by atoms with Gasteiger partial charge in [0.15, 0.2) is 0 Å². The number of carbonyl (C=O) groups is 4. The molecule has 0 aromatic rings. The van der Waals surface area contributed by atoms with Crippen LogP contribution >= 0.6 is 0 Å². The minimum Gasteiger partial charge on any atom is -0.434 e. The first-order chi connectivity index (χ1) is 13.5. The molecule has 1 fully saturated rings. The molecule has 0 aromatic carbocycles. The summed E-state index contributed by atoms with van der Waals surface area (Å²) in [7, 11) is 0. The van der Waals surface area contributed by atoms with Crippen LogP contribution in [0.4, 0.5) is 0 Å². The van der Waals surface area contributed by atoms with Crippen LogP contribution in [0.15, 0.2) is 0 Å². The number of carbonyl (C=O) groups excluding carboxylic acids is 4. The molecule has 29 heavy (non-hydrogen) atoms. The highest BCUT2D eigenvalue weighted by atomic mass is 16.7. The first-order valence-electron chi connectivity index (χ1n) is 10.2. The highest BCUT2D eigenvalue weighted by Crippen LogP contribution is 2.16. The zero-order valence-electron chi connectivity index (χ0n) is 18.2. The van der Waals surface area contributed by atoms with Crippen molar-refractivity contribution in [2.45, 2.75) is 85.2 Å². The number of ether oxygens (including phenoxy) is 2. The van der Waals surface area contributed by atoms with Crippen LogP contribution in [0.3, 0.4) is 0 Å². The number of rotatable bonds is 10. The van der Waals surface area contributed by atoms with Crippen molar-refractivity contribution in [1.82, 2.24) is 16.0 Å². The van der Waals surface area contributed by atoms with Gasteiger partial charge in [0.1, 0.15) is 12.1 Å². The molecular weight excluding hydrogens is 378 g/mol. The fraction of sp³-hybridized carbons (Fsp3) is 0.800. The molecule has 9 heteroatoms. The van der Waals surface area contributed by atoms with Crippen LogP contribution in [0.25, 0.3) is 0 Å². The average Bonchev–Trinajstić information content (AvgIpc) is 2.98. The Balaban J connectivity index is 2.83. The largest absolute Gasteiger partial charge is 0.434 e. The van der Waals surface area contributed by atoms with Gasteiger partial charge in [0.2, 0.25) is 24.0 Å². The van der Waals surface area contributed by atoms with E-state index in [1.54, 1.807) is 0 Å². The molecule has 3 N–H and O–H groups in total. The van der Waals surface area contributed by atoms with E-state index in [1.807, 2.05) is 27.7 Å². The summed E-state index contributed by atoms with van der Waals surface area (Å²) in [6.45, 7) is 10.8. The molecular formula is C20H35N3O6. The van der Waals surface area contributed by atoms with Gasteiger partial charge < -0.3 is 25.4 Å². The second-order valence-corrected chi connectivity index (χ2v) is 8.33. The molecule has 0 bridgehead atoms. The summed E-state index contributed by atoms with van der Waals surface area (Å²) in [6, 6.07) is -1.96. The summed E-state index contributed by atoms with van der Waals surface area (Å²) in [6.07, 6.45) is 0.568. The molecule has 0 radical (unpaired) electrons. The van der Waals surface area contributed by atoms with Crippen LogP contribution in [0.5, 0.6) is 0 Å². The van der Waals surface area contributed by atoms with Gasteiger partial charge in [-0.1, -0.05) is 27.7 Å². The van der Waals surface area contributed by atoms with Gasteiger partial charge >= 0.3 is 5.97 Å². The van der Waals surface area contributed by atoms with Gasteiger partial charge in [0.05, 0.1) is 12.6 Å². The van der Waals surface area contributed by atoms with E-state index in [9.17, 15) is 19.2 Å². The van der Waals surface area contributed by atoms with E-state index in [-0.39, 0.29) is 23.7 Å². The van der Waals surface area contributed by atoms with Gasteiger partial charge in [0.25, 0.3) is 0 Å². The predicted molar refractivity (Wildman–Crippen MR) is 106 cm³/mol. The van der Waals surface area contributed by atoms with Crippen molar-refractivity contribution in [3.05, 3.63) is 0 Å². The van der Waals surface area contributed by atoms with Crippen molar-refractivity contribution in [3.8, 4) is 0 Å². The predicted octanol–water partition coefficient (Wildman–Crippen LogP) is 0.862. The molecule has 1 aliphatic heterocycles. The standard InChI is InChI=1S/C20H35N3O6/c1-11(2)9-16(21-13(5)24)18(26)23-17(10-12(3)4)19(27)22-15-7-8-28-20(15)29-14(6)25/h11-12,15-17,20H,7-10H2,1-6H3,(H,21,24)(H,22,27)(H,23,26). The zero-order chi connectivity index (χ0) is 22.1. The monoisotopic (exact) mass is 413 g/mol. The second kappa shape index (κ2) is 11.7. The normalized spacial score (nSPS) is 20.8. The summed E-state index contributed by atoms with van der Waals surface area (Å²) in [5.74, 6) is -1.22. The van der Waals surface area contributed by atoms with E-state index in [0.29, 0.717) is 25.9 Å². The lowest BCUT2D eigenvalue weighted by atomic mass is 10.00. The maximum atomic E-state index is 12.9. The average molecular weight is 414 g/mol. The molecule has 0 spiro atoms. The van der Waals surface area contributed by atoms with Crippen molar-refractivity contribution in [3.63, 3.8) is 0 Å². The van der Waals surface area contributed by atoms with Gasteiger partial charge in [-0.25, -0.2) is 0 Å². The van der Waals surface area contributed by atoms with Crippen LogP contribution in [0.1, 0.15) is 60.8 Å². The van der Waals surface area contributed by atoms with Crippen LogP contribution < -0.4 is 16.0 Å². The number of esters is 1. The van der Waals surface area contributed by atoms with Gasteiger partial charge in [0, 0.05) is 13.8 Å². The Morgan fingerprint density at radius 1 is 0.931 bits per heavy atom. The fourth-order valence-electron chi connectivity index (χ4n) is 3.19. The maximum Gasteiger partial charge on any atom is 0.305 e. The first kappa shape index (κ1) is 24.9. The molecule has 9 nitrogen and oxygen atoms in total. The smallest absolute Gasteiger partial charge is 0.305 e. The molecule has 1 heterocycles. The topological polar surface area (TPSA) is 123 Å². The Morgan fingerprint density at radius 2 is 1.48 bits per heavy atom.